The number of ketones is 1. The molecule has 1 amide bonds. The SMILES string of the molecule is CC(C)(C)CN(CC(=O)c1c(Cl)cc(Cl)cc1Cl)C(=O)c1cnn(C23CCC(C(=O)O)(CC2)CC3)c1C(F)(F)F. The zero-order valence-electron chi connectivity index (χ0n) is 22.2. The Kier molecular flexibility index (Phi) is 8.06. The van der Waals surface area contributed by atoms with Gasteiger partial charge in [0.05, 0.1) is 44.9 Å². The van der Waals surface area contributed by atoms with Gasteiger partial charge in [0.1, 0.15) is 0 Å². The number of hydrogen-bond acceptors (Lipinski definition) is 4. The van der Waals surface area contributed by atoms with E-state index in [0.717, 1.165) is 15.8 Å². The van der Waals surface area contributed by atoms with Crippen LogP contribution in [-0.4, -0.2) is 50.5 Å². The van der Waals surface area contributed by atoms with Gasteiger partial charge in [0.25, 0.3) is 5.91 Å². The fourth-order valence-corrected chi connectivity index (χ4v) is 6.97. The molecular formula is C27H29Cl3F3N3O4. The van der Waals surface area contributed by atoms with Crippen molar-refractivity contribution in [3.63, 3.8) is 0 Å². The number of rotatable bonds is 7. The molecule has 0 unspecified atom stereocenters. The number of alkyl halides is 3. The van der Waals surface area contributed by atoms with Crippen LogP contribution in [0.3, 0.4) is 0 Å². The third kappa shape index (κ3) is 5.72. The summed E-state index contributed by atoms with van der Waals surface area (Å²) in [5, 5.41) is 13.9. The van der Waals surface area contributed by atoms with Crippen molar-refractivity contribution in [2.45, 2.75) is 71.0 Å². The normalized spacial score (nSPS) is 22.8. The summed E-state index contributed by atoms with van der Waals surface area (Å²) in [6.45, 7) is 4.73. The molecule has 0 saturated heterocycles. The lowest BCUT2D eigenvalue weighted by molar-refractivity contribution is -0.163. The summed E-state index contributed by atoms with van der Waals surface area (Å²) in [5.41, 5.74) is -4.51. The predicted octanol–water partition coefficient (Wildman–Crippen LogP) is 7.37. The summed E-state index contributed by atoms with van der Waals surface area (Å²) in [7, 11) is 0. The van der Waals surface area contributed by atoms with E-state index < -0.39 is 58.0 Å². The van der Waals surface area contributed by atoms with Crippen molar-refractivity contribution in [1.29, 1.82) is 0 Å². The largest absolute Gasteiger partial charge is 0.481 e. The molecule has 3 aliphatic rings. The topological polar surface area (TPSA) is 92.5 Å². The average Bonchev–Trinajstić information content (AvgIpc) is 3.30. The Hall–Kier alpha value is -2.30. The lowest BCUT2D eigenvalue weighted by Crippen LogP contribution is -2.52. The number of Topliss-reactive ketones (excluding diaryl/α,β-unsaturated/α-hetero) is 1. The zero-order valence-corrected chi connectivity index (χ0v) is 24.4. The summed E-state index contributed by atoms with van der Waals surface area (Å²) in [6, 6.07) is 2.63. The van der Waals surface area contributed by atoms with Gasteiger partial charge in [-0.05, 0) is 56.1 Å². The molecule has 2 aromatic rings. The van der Waals surface area contributed by atoms with E-state index in [2.05, 4.69) is 5.10 Å². The lowest BCUT2D eigenvalue weighted by Gasteiger charge is -2.51. The molecule has 1 aromatic heterocycles. The van der Waals surface area contributed by atoms with E-state index in [-0.39, 0.29) is 65.7 Å². The van der Waals surface area contributed by atoms with Crippen LogP contribution in [0.4, 0.5) is 13.2 Å². The number of nitrogens with zero attached hydrogens (tertiary/aromatic N) is 3. The molecule has 3 fully saturated rings. The number of fused-ring (bicyclic) bond motifs is 3. The van der Waals surface area contributed by atoms with Crippen molar-refractivity contribution in [2.75, 3.05) is 13.1 Å². The second-order valence-electron chi connectivity index (χ2n) is 12.0. The first-order valence-corrected chi connectivity index (χ1v) is 13.9. The van der Waals surface area contributed by atoms with Gasteiger partial charge in [0.15, 0.2) is 11.5 Å². The Bertz CT molecular complexity index is 1320. The van der Waals surface area contributed by atoms with E-state index in [9.17, 15) is 32.7 Å². The number of hydrogen-bond donors (Lipinski definition) is 1. The number of amides is 1. The smallest absolute Gasteiger partial charge is 0.433 e. The third-order valence-electron chi connectivity index (χ3n) is 7.95. The van der Waals surface area contributed by atoms with Crippen LogP contribution in [0.2, 0.25) is 15.1 Å². The van der Waals surface area contributed by atoms with Crippen molar-refractivity contribution in [1.82, 2.24) is 14.7 Å². The summed E-state index contributed by atoms with van der Waals surface area (Å²) in [4.78, 5) is 39.9. The maximum Gasteiger partial charge on any atom is 0.433 e. The van der Waals surface area contributed by atoms with Crippen molar-refractivity contribution < 1.29 is 32.7 Å². The van der Waals surface area contributed by atoms with Gasteiger partial charge in [-0.1, -0.05) is 55.6 Å². The molecule has 13 heteroatoms. The highest BCUT2D eigenvalue weighted by atomic mass is 35.5. The number of halogens is 6. The molecule has 1 aromatic carbocycles. The Morgan fingerprint density at radius 3 is 1.98 bits per heavy atom. The number of carbonyl (C=O) groups excluding carboxylic acids is 2. The van der Waals surface area contributed by atoms with Crippen molar-refractivity contribution >= 4 is 52.5 Å². The van der Waals surface area contributed by atoms with Gasteiger partial charge in [-0.3, -0.25) is 19.1 Å². The molecule has 0 aliphatic heterocycles. The number of aliphatic carboxylic acids is 1. The van der Waals surface area contributed by atoms with Crippen LogP contribution in [0, 0.1) is 10.8 Å². The van der Waals surface area contributed by atoms with Crippen LogP contribution in [-0.2, 0) is 16.5 Å². The number of aromatic nitrogens is 2. The molecule has 0 atom stereocenters. The molecule has 5 rings (SSSR count). The molecule has 0 radical (unpaired) electrons. The Balaban J connectivity index is 1.72. The fourth-order valence-electron chi connectivity index (χ4n) is 5.95. The number of benzene rings is 1. The van der Waals surface area contributed by atoms with Crippen LogP contribution in [0.25, 0.3) is 0 Å². The van der Waals surface area contributed by atoms with E-state index in [1.807, 2.05) is 0 Å². The van der Waals surface area contributed by atoms with E-state index >= 15 is 0 Å². The van der Waals surface area contributed by atoms with Crippen LogP contribution in [0.1, 0.15) is 85.7 Å². The van der Waals surface area contributed by atoms with E-state index in [1.54, 1.807) is 20.8 Å². The maximum atomic E-state index is 14.6. The van der Waals surface area contributed by atoms with Crippen LogP contribution >= 0.6 is 34.8 Å². The second kappa shape index (κ2) is 10.5. The van der Waals surface area contributed by atoms with Gasteiger partial charge >= 0.3 is 12.1 Å². The second-order valence-corrected chi connectivity index (χ2v) is 13.3. The summed E-state index contributed by atoms with van der Waals surface area (Å²) < 4.78 is 44.7. The van der Waals surface area contributed by atoms with Gasteiger partial charge in [0.2, 0.25) is 0 Å². The molecule has 3 aliphatic carbocycles. The highest BCUT2D eigenvalue weighted by molar-refractivity contribution is 6.42. The van der Waals surface area contributed by atoms with Crippen molar-refractivity contribution in [3.05, 3.63) is 50.2 Å². The highest BCUT2D eigenvalue weighted by Gasteiger charge is 2.56. The number of carboxylic acid groups (broad SMARTS) is 1. The van der Waals surface area contributed by atoms with E-state index in [0.29, 0.717) is 0 Å². The summed E-state index contributed by atoms with van der Waals surface area (Å²) in [6.07, 6.45) is -2.73. The van der Waals surface area contributed by atoms with Crippen molar-refractivity contribution in [3.8, 4) is 0 Å². The van der Waals surface area contributed by atoms with Crippen LogP contribution in [0.15, 0.2) is 18.3 Å². The van der Waals surface area contributed by atoms with Gasteiger partial charge in [-0.15, -0.1) is 0 Å². The zero-order chi connectivity index (χ0) is 29.8. The molecule has 3 saturated carbocycles. The molecular weight excluding hydrogens is 594 g/mol. The molecule has 1 heterocycles. The molecule has 40 heavy (non-hydrogen) atoms. The minimum atomic E-state index is -4.94. The first kappa shape index (κ1) is 30.7. The standard InChI is InChI=1S/C27H29Cl3F3N3O4/c1-24(2,3)14-35(13-19(37)20-17(29)10-15(28)11-18(20)30)22(38)16-12-34-36(21(16)27(31,32)33)26-7-4-25(5-8-26,6-9-26)23(39)40/h10-12H,4-9,13-14H2,1-3H3,(H,39,40). The predicted molar refractivity (Wildman–Crippen MR) is 144 cm³/mol. The minimum Gasteiger partial charge on any atom is -0.481 e. The highest BCUT2D eigenvalue weighted by Crippen LogP contribution is 2.56. The third-order valence-corrected chi connectivity index (χ3v) is 8.76. The summed E-state index contributed by atoms with van der Waals surface area (Å²) >= 11 is 18.3. The quantitative estimate of drug-likeness (QED) is 0.326. The molecule has 2 bridgehead atoms. The van der Waals surface area contributed by atoms with Gasteiger partial charge < -0.3 is 10.0 Å². The molecule has 218 valence electrons. The van der Waals surface area contributed by atoms with Crippen molar-refractivity contribution in [2.24, 2.45) is 10.8 Å². The molecule has 1 N–H and O–H groups in total. The van der Waals surface area contributed by atoms with Gasteiger partial charge in [0, 0.05) is 11.6 Å². The average molecular weight is 623 g/mol. The minimum absolute atomic E-state index is 0.0411. The molecule has 0 spiro atoms. The fraction of sp³-hybridized carbons (Fsp3) is 0.556. The first-order chi connectivity index (χ1) is 18.4. The van der Waals surface area contributed by atoms with Gasteiger partial charge in [-0.25, -0.2) is 0 Å². The monoisotopic (exact) mass is 621 g/mol. The summed E-state index contributed by atoms with van der Waals surface area (Å²) in [5.74, 6) is -2.60. The van der Waals surface area contributed by atoms with Gasteiger partial charge in [-0.2, -0.15) is 18.3 Å². The Morgan fingerprint density at radius 1 is 1.00 bits per heavy atom. The molecule has 7 nitrogen and oxygen atoms in total. The van der Waals surface area contributed by atoms with E-state index in [1.165, 1.54) is 12.1 Å². The Labute approximate surface area is 244 Å². The maximum absolute atomic E-state index is 14.6. The Morgan fingerprint density at radius 2 is 1.52 bits per heavy atom. The van der Waals surface area contributed by atoms with Crippen LogP contribution in [0.5, 0.6) is 0 Å². The lowest BCUT2D eigenvalue weighted by atomic mass is 9.57. The number of carbonyl (C=O) groups is 3. The van der Waals surface area contributed by atoms with Crippen LogP contribution < -0.4 is 0 Å². The van der Waals surface area contributed by atoms with E-state index in [4.69, 9.17) is 34.8 Å². The first-order valence-electron chi connectivity index (χ1n) is 12.8. The number of carboxylic acids is 1.